The molecule has 1 nitrogen and oxygen atoms in total. The average Bonchev–Trinajstić information content (AvgIpc) is 2.80. The van der Waals surface area contributed by atoms with Crippen LogP contribution >= 0.6 is 7.92 Å². The number of benzene rings is 4. The first kappa shape index (κ1) is 20.4. The van der Waals surface area contributed by atoms with Crippen molar-refractivity contribution < 1.29 is 5.11 Å². The molecule has 0 amide bonds. The second kappa shape index (κ2) is 9.28. The van der Waals surface area contributed by atoms with Crippen LogP contribution in [0.2, 0.25) is 0 Å². The monoisotopic (exact) mass is 410 g/mol. The highest BCUT2D eigenvalue weighted by Gasteiger charge is 2.14. The lowest BCUT2D eigenvalue weighted by atomic mass is 9.96. The van der Waals surface area contributed by atoms with E-state index < -0.39 is 0 Å². The molecule has 0 fully saturated rings. The first-order chi connectivity index (χ1) is 14.6. The molecule has 2 heteroatoms. The predicted octanol–water partition coefficient (Wildman–Crippen LogP) is 6.35. The Morgan fingerprint density at radius 1 is 0.667 bits per heavy atom. The van der Waals surface area contributed by atoms with Gasteiger partial charge in [-0.1, -0.05) is 97.1 Å². The molecule has 4 rings (SSSR count). The van der Waals surface area contributed by atoms with E-state index >= 15 is 0 Å². The molecule has 0 aliphatic carbocycles. The van der Waals surface area contributed by atoms with Crippen molar-refractivity contribution in [3.8, 4) is 16.9 Å². The van der Waals surface area contributed by atoms with Gasteiger partial charge in [0.1, 0.15) is 5.75 Å². The summed E-state index contributed by atoms with van der Waals surface area (Å²) in [5.74, 6) is 0.396. The Bertz CT molecular complexity index is 1060. The van der Waals surface area contributed by atoms with E-state index in [-0.39, 0.29) is 7.92 Å². The van der Waals surface area contributed by atoms with E-state index in [4.69, 9.17) is 0 Å². The van der Waals surface area contributed by atoms with Crippen molar-refractivity contribution in [3.63, 3.8) is 0 Å². The van der Waals surface area contributed by atoms with Crippen LogP contribution in [0.5, 0.6) is 5.75 Å². The van der Waals surface area contributed by atoms with Gasteiger partial charge in [-0.25, -0.2) is 0 Å². The van der Waals surface area contributed by atoms with Crippen LogP contribution in [0.15, 0.2) is 97.1 Å². The highest BCUT2D eigenvalue weighted by atomic mass is 31.1. The van der Waals surface area contributed by atoms with Crippen LogP contribution in [-0.4, -0.2) is 11.3 Å². The standard InChI is InChI=1S/C28H27OP/c1-21-13-18-27(22(2)28(21)29)24-16-14-23(15-17-24)19-20-30(25-9-5-3-6-10-25)26-11-7-4-8-12-26/h3-18,29H,19-20H2,1-2H3. The number of phenols is 1. The summed E-state index contributed by atoms with van der Waals surface area (Å²) in [7, 11) is -0.372. The molecule has 0 aliphatic heterocycles. The quantitative estimate of drug-likeness (QED) is 0.367. The minimum absolute atomic E-state index is 0.372. The van der Waals surface area contributed by atoms with Crippen LogP contribution < -0.4 is 10.6 Å². The molecule has 150 valence electrons. The summed E-state index contributed by atoms with van der Waals surface area (Å²) in [5.41, 5.74) is 5.47. The molecule has 0 unspecified atom stereocenters. The van der Waals surface area contributed by atoms with Crippen LogP contribution in [0.1, 0.15) is 16.7 Å². The summed E-state index contributed by atoms with van der Waals surface area (Å²) in [6.45, 7) is 3.92. The van der Waals surface area contributed by atoms with Crippen molar-refractivity contribution in [1.82, 2.24) is 0 Å². The number of hydrogen-bond donors (Lipinski definition) is 1. The summed E-state index contributed by atoms with van der Waals surface area (Å²) in [6.07, 6.45) is 2.18. The molecular weight excluding hydrogens is 383 g/mol. The van der Waals surface area contributed by atoms with Crippen LogP contribution in [0.25, 0.3) is 11.1 Å². The third-order valence-corrected chi connectivity index (χ3v) is 8.17. The van der Waals surface area contributed by atoms with Gasteiger partial charge in [-0.2, -0.15) is 0 Å². The van der Waals surface area contributed by atoms with E-state index in [0.29, 0.717) is 5.75 Å². The summed E-state index contributed by atoms with van der Waals surface area (Å²) in [6, 6.07) is 34.7. The molecule has 0 aromatic heterocycles. The summed E-state index contributed by atoms with van der Waals surface area (Å²) < 4.78 is 0. The fourth-order valence-electron chi connectivity index (χ4n) is 3.86. The molecule has 0 heterocycles. The highest BCUT2D eigenvalue weighted by Crippen LogP contribution is 2.35. The fraction of sp³-hybridized carbons (Fsp3) is 0.143. The maximum Gasteiger partial charge on any atom is 0.122 e. The zero-order valence-electron chi connectivity index (χ0n) is 17.5. The van der Waals surface area contributed by atoms with Gasteiger partial charge < -0.3 is 5.11 Å². The Labute approximate surface area is 180 Å². The molecule has 4 aromatic carbocycles. The van der Waals surface area contributed by atoms with Crippen LogP contribution in [0.3, 0.4) is 0 Å². The van der Waals surface area contributed by atoms with Gasteiger partial charge in [-0.15, -0.1) is 0 Å². The molecule has 0 spiro atoms. The molecule has 4 aromatic rings. The maximum atomic E-state index is 10.3. The average molecular weight is 410 g/mol. The Balaban J connectivity index is 1.53. The first-order valence-electron chi connectivity index (χ1n) is 10.4. The van der Waals surface area contributed by atoms with Crippen LogP contribution in [0, 0.1) is 13.8 Å². The lowest BCUT2D eigenvalue weighted by molar-refractivity contribution is 0.467. The van der Waals surface area contributed by atoms with E-state index in [0.717, 1.165) is 34.8 Å². The highest BCUT2D eigenvalue weighted by molar-refractivity contribution is 7.73. The van der Waals surface area contributed by atoms with Crippen molar-refractivity contribution in [2.75, 3.05) is 6.16 Å². The Morgan fingerprint density at radius 3 is 1.80 bits per heavy atom. The van der Waals surface area contributed by atoms with Gasteiger partial charge in [0.25, 0.3) is 0 Å². The second-order valence-electron chi connectivity index (χ2n) is 7.67. The summed E-state index contributed by atoms with van der Waals surface area (Å²) in [4.78, 5) is 0. The molecular formula is C28H27OP. The van der Waals surface area contributed by atoms with Gasteiger partial charge >= 0.3 is 0 Å². The van der Waals surface area contributed by atoms with E-state index in [1.165, 1.54) is 16.2 Å². The molecule has 0 radical (unpaired) electrons. The normalized spacial score (nSPS) is 11.0. The summed E-state index contributed by atoms with van der Waals surface area (Å²) >= 11 is 0. The number of aryl methyl sites for hydroxylation is 2. The third-order valence-electron chi connectivity index (χ3n) is 5.66. The maximum absolute atomic E-state index is 10.3. The van der Waals surface area contributed by atoms with Crippen molar-refractivity contribution in [1.29, 1.82) is 0 Å². The van der Waals surface area contributed by atoms with Crippen LogP contribution in [-0.2, 0) is 6.42 Å². The van der Waals surface area contributed by atoms with Gasteiger partial charge in [0.05, 0.1) is 0 Å². The van der Waals surface area contributed by atoms with Crippen molar-refractivity contribution in [2.24, 2.45) is 0 Å². The van der Waals surface area contributed by atoms with E-state index in [2.05, 4.69) is 91.0 Å². The van der Waals surface area contributed by atoms with Gasteiger partial charge in [-0.05, 0) is 72.8 Å². The molecule has 1 N–H and O–H groups in total. The Kier molecular flexibility index (Phi) is 6.31. The molecule has 0 aliphatic rings. The van der Waals surface area contributed by atoms with E-state index in [1.807, 2.05) is 19.9 Å². The third kappa shape index (κ3) is 4.48. The number of hydrogen-bond acceptors (Lipinski definition) is 1. The van der Waals surface area contributed by atoms with Gasteiger partial charge in [-0.3, -0.25) is 0 Å². The Hall–Kier alpha value is -2.89. The number of rotatable bonds is 6. The molecule has 30 heavy (non-hydrogen) atoms. The van der Waals surface area contributed by atoms with Gasteiger partial charge in [0.2, 0.25) is 0 Å². The SMILES string of the molecule is Cc1ccc(-c2ccc(CCP(c3ccccc3)c3ccccc3)cc2)c(C)c1O. The molecule has 0 bridgehead atoms. The van der Waals surface area contributed by atoms with Gasteiger partial charge in [0.15, 0.2) is 0 Å². The van der Waals surface area contributed by atoms with Crippen molar-refractivity contribution >= 4 is 18.5 Å². The first-order valence-corrected chi connectivity index (χ1v) is 11.9. The zero-order chi connectivity index (χ0) is 20.9. The predicted molar refractivity (Wildman–Crippen MR) is 131 cm³/mol. The summed E-state index contributed by atoms with van der Waals surface area (Å²) in [5, 5.41) is 13.1. The molecule has 0 saturated carbocycles. The molecule has 0 atom stereocenters. The lowest BCUT2D eigenvalue weighted by Gasteiger charge is -2.19. The van der Waals surface area contributed by atoms with Crippen LogP contribution in [0.4, 0.5) is 0 Å². The largest absolute Gasteiger partial charge is 0.507 e. The zero-order valence-corrected chi connectivity index (χ0v) is 18.4. The molecule has 0 saturated heterocycles. The van der Waals surface area contributed by atoms with E-state index in [9.17, 15) is 5.11 Å². The lowest BCUT2D eigenvalue weighted by Crippen LogP contribution is -2.14. The minimum atomic E-state index is -0.372. The van der Waals surface area contributed by atoms with Crippen molar-refractivity contribution in [3.05, 3.63) is 114 Å². The van der Waals surface area contributed by atoms with Crippen molar-refractivity contribution in [2.45, 2.75) is 20.3 Å². The minimum Gasteiger partial charge on any atom is -0.507 e. The fourth-order valence-corrected chi connectivity index (χ4v) is 6.22. The topological polar surface area (TPSA) is 20.2 Å². The number of phenolic OH excluding ortho intramolecular Hbond substituents is 1. The Morgan fingerprint density at radius 2 is 1.23 bits per heavy atom. The second-order valence-corrected chi connectivity index (χ2v) is 10.0. The number of aromatic hydroxyl groups is 1. The van der Waals surface area contributed by atoms with E-state index in [1.54, 1.807) is 0 Å². The smallest absolute Gasteiger partial charge is 0.122 e. The van der Waals surface area contributed by atoms with Gasteiger partial charge in [0, 0.05) is 0 Å².